The molecule has 2 saturated heterocycles. The molecule has 14 nitrogen and oxygen atoms in total. The Labute approximate surface area is 171 Å². The van der Waals surface area contributed by atoms with Crippen LogP contribution >= 0.6 is 0 Å². The summed E-state index contributed by atoms with van der Waals surface area (Å²) in [5.41, 5.74) is 0. The predicted molar refractivity (Wildman–Crippen MR) is 94.9 cm³/mol. The third kappa shape index (κ3) is 5.42. The molecule has 10 atom stereocenters. The van der Waals surface area contributed by atoms with E-state index in [1.165, 1.54) is 13.8 Å². The first-order valence-corrected chi connectivity index (χ1v) is 9.26. The zero-order valence-corrected chi connectivity index (χ0v) is 16.5. The van der Waals surface area contributed by atoms with Gasteiger partial charge in [-0.05, 0) is 0 Å². The van der Waals surface area contributed by atoms with Gasteiger partial charge in [-0.2, -0.15) is 0 Å². The highest BCUT2D eigenvalue weighted by molar-refractivity contribution is 5.73. The second-order valence-electron chi connectivity index (χ2n) is 7.11. The van der Waals surface area contributed by atoms with E-state index in [4.69, 9.17) is 24.9 Å². The first-order valence-electron chi connectivity index (χ1n) is 9.26. The number of rotatable bonds is 7. The SMILES string of the molecule is CC(=O)N[C@@H]1[C@@H](O)[C@H](O[C@@H]2O[C@H](CO)[C@@H](O)[C@H](ON)[C@H]2NC(C)=O)[C@@H](CO)O[C@H]1O. The van der Waals surface area contributed by atoms with Crippen molar-refractivity contribution in [3.05, 3.63) is 0 Å². The Hall–Kier alpha value is -1.46. The number of ether oxygens (including phenoxy) is 3. The largest absolute Gasteiger partial charge is 0.394 e. The first kappa shape index (κ1) is 24.8. The molecule has 2 heterocycles. The average molecular weight is 439 g/mol. The highest BCUT2D eigenvalue weighted by Crippen LogP contribution is 2.29. The number of aliphatic hydroxyl groups is 5. The fraction of sp³-hybridized carbons (Fsp3) is 0.875. The van der Waals surface area contributed by atoms with Gasteiger partial charge in [0, 0.05) is 13.8 Å². The second kappa shape index (κ2) is 10.7. The molecule has 2 aliphatic heterocycles. The highest BCUT2D eigenvalue weighted by Gasteiger charge is 2.52. The number of aliphatic hydroxyl groups excluding tert-OH is 5. The van der Waals surface area contributed by atoms with Gasteiger partial charge < -0.3 is 50.4 Å². The Bertz CT molecular complexity index is 597. The lowest BCUT2D eigenvalue weighted by Crippen LogP contribution is -2.69. The van der Waals surface area contributed by atoms with Gasteiger partial charge >= 0.3 is 0 Å². The van der Waals surface area contributed by atoms with E-state index in [0.717, 1.165) is 0 Å². The van der Waals surface area contributed by atoms with Gasteiger partial charge in [0.05, 0.1) is 13.2 Å². The molecule has 174 valence electrons. The van der Waals surface area contributed by atoms with Crippen molar-refractivity contribution in [2.24, 2.45) is 5.90 Å². The van der Waals surface area contributed by atoms with E-state index in [0.29, 0.717) is 0 Å². The van der Waals surface area contributed by atoms with Crippen LogP contribution < -0.4 is 16.5 Å². The van der Waals surface area contributed by atoms with Gasteiger partial charge in [-0.3, -0.25) is 14.4 Å². The molecule has 0 spiro atoms. The smallest absolute Gasteiger partial charge is 0.217 e. The van der Waals surface area contributed by atoms with E-state index in [1.807, 2.05) is 0 Å². The summed E-state index contributed by atoms with van der Waals surface area (Å²) in [7, 11) is 0. The summed E-state index contributed by atoms with van der Waals surface area (Å²) >= 11 is 0. The number of carbonyl (C=O) groups is 2. The summed E-state index contributed by atoms with van der Waals surface area (Å²) in [6.07, 6.45) is -11.1. The molecule has 0 aromatic rings. The number of amides is 2. The summed E-state index contributed by atoms with van der Waals surface area (Å²) in [5.74, 6) is 4.15. The number of hydrogen-bond donors (Lipinski definition) is 8. The lowest BCUT2D eigenvalue weighted by Gasteiger charge is -2.47. The van der Waals surface area contributed by atoms with Crippen molar-refractivity contribution in [1.29, 1.82) is 0 Å². The van der Waals surface area contributed by atoms with Gasteiger partial charge in [0.15, 0.2) is 12.6 Å². The van der Waals surface area contributed by atoms with E-state index >= 15 is 0 Å². The van der Waals surface area contributed by atoms with Crippen molar-refractivity contribution >= 4 is 11.8 Å². The number of nitrogens with one attached hydrogen (secondary N) is 2. The quantitative estimate of drug-likeness (QED) is 0.174. The summed E-state index contributed by atoms with van der Waals surface area (Å²) in [6.45, 7) is 1.04. The molecular weight excluding hydrogens is 410 g/mol. The van der Waals surface area contributed by atoms with Gasteiger partial charge in [0.1, 0.15) is 48.7 Å². The topological polar surface area (TPSA) is 222 Å². The Balaban J connectivity index is 2.30. The third-order valence-corrected chi connectivity index (χ3v) is 4.91. The molecule has 2 rings (SSSR count). The molecule has 2 aliphatic rings. The van der Waals surface area contributed by atoms with Crippen LogP contribution in [0.3, 0.4) is 0 Å². The fourth-order valence-electron chi connectivity index (χ4n) is 3.53. The van der Waals surface area contributed by atoms with E-state index in [9.17, 15) is 35.1 Å². The minimum absolute atomic E-state index is 0.542. The maximum atomic E-state index is 11.6. The van der Waals surface area contributed by atoms with Gasteiger partial charge in [-0.15, -0.1) is 0 Å². The van der Waals surface area contributed by atoms with Gasteiger partial charge in [0.2, 0.25) is 11.8 Å². The van der Waals surface area contributed by atoms with Gasteiger partial charge in [0.25, 0.3) is 0 Å². The highest BCUT2D eigenvalue weighted by atomic mass is 16.7. The molecule has 30 heavy (non-hydrogen) atoms. The van der Waals surface area contributed by atoms with Crippen LogP contribution in [0, 0.1) is 0 Å². The average Bonchev–Trinajstić information content (AvgIpc) is 2.68. The normalized spacial score (nSPS) is 41.9. The van der Waals surface area contributed by atoms with Crippen molar-refractivity contribution in [2.45, 2.75) is 75.1 Å². The van der Waals surface area contributed by atoms with Crippen LogP contribution in [-0.2, 0) is 28.6 Å². The molecule has 0 bridgehead atoms. The number of nitrogens with two attached hydrogens (primary N) is 1. The van der Waals surface area contributed by atoms with Crippen molar-refractivity contribution < 1.29 is 54.2 Å². The molecule has 2 amide bonds. The van der Waals surface area contributed by atoms with Crippen LogP contribution in [0.2, 0.25) is 0 Å². The van der Waals surface area contributed by atoms with Crippen molar-refractivity contribution in [3.63, 3.8) is 0 Å². The molecule has 0 aromatic heterocycles. The van der Waals surface area contributed by atoms with E-state index in [1.54, 1.807) is 0 Å². The maximum Gasteiger partial charge on any atom is 0.217 e. The Morgan fingerprint density at radius 3 is 1.97 bits per heavy atom. The first-order chi connectivity index (χ1) is 14.1. The lowest BCUT2D eigenvalue weighted by molar-refractivity contribution is -0.330. The zero-order chi connectivity index (χ0) is 22.6. The summed E-state index contributed by atoms with van der Waals surface area (Å²) in [5, 5.41) is 54.8. The molecule has 9 N–H and O–H groups in total. The maximum absolute atomic E-state index is 11.6. The van der Waals surface area contributed by atoms with Crippen molar-refractivity contribution in [1.82, 2.24) is 10.6 Å². The molecule has 0 saturated carbocycles. The minimum Gasteiger partial charge on any atom is -0.394 e. The number of carbonyl (C=O) groups excluding carboxylic acids is 2. The summed E-state index contributed by atoms with van der Waals surface area (Å²) in [4.78, 5) is 27.8. The molecule has 0 aliphatic carbocycles. The molecule has 14 heteroatoms. The summed E-state index contributed by atoms with van der Waals surface area (Å²) < 4.78 is 16.5. The van der Waals surface area contributed by atoms with Crippen LogP contribution in [0.4, 0.5) is 0 Å². The van der Waals surface area contributed by atoms with Crippen LogP contribution in [0.5, 0.6) is 0 Å². The third-order valence-electron chi connectivity index (χ3n) is 4.91. The van der Waals surface area contributed by atoms with Gasteiger partial charge in [-0.1, -0.05) is 0 Å². The molecular formula is C16H29N3O11. The zero-order valence-electron chi connectivity index (χ0n) is 16.5. The van der Waals surface area contributed by atoms with E-state index in [-0.39, 0.29) is 0 Å². The monoisotopic (exact) mass is 439 g/mol. The molecule has 0 unspecified atom stereocenters. The van der Waals surface area contributed by atoms with Crippen molar-refractivity contribution in [3.8, 4) is 0 Å². The predicted octanol–water partition coefficient (Wildman–Crippen LogP) is -5.21. The summed E-state index contributed by atoms with van der Waals surface area (Å²) in [6, 6.07) is -2.47. The van der Waals surface area contributed by atoms with Crippen LogP contribution in [-0.4, -0.2) is 112 Å². The van der Waals surface area contributed by atoms with Gasteiger partial charge in [-0.25, -0.2) is 5.90 Å². The standard InChI is InChI=1S/C16H29N3O11/c1-5(22)18-9-12(25)13(8(4-21)27-15(9)26)29-16-10(19-6(2)23)14(30-17)11(24)7(3-20)28-16/h7-16,20-21,24-26H,3-4,17H2,1-2H3,(H,18,22)(H,19,23)/t7-,8-,9-,10-,11-,12-,13-,14-,15-,16+/m1/s1. The fourth-order valence-corrected chi connectivity index (χ4v) is 3.53. The van der Waals surface area contributed by atoms with E-state index < -0.39 is 86.3 Å². The van der Waals surface area contributed by atoms with Crippen LogP contribution in [0.15, 0.2) is 0 Å². The molecule has 2 fully saturated rings. The molecule has 0 aromatic carbocycles. The van der Waals surface area contributed by atoms with Crippen LogP contribution in [0.25, 0.3) is 0 Å². The molecule has 0 radical (unpaired) electrons. The second-order valence-corrected chi connectivity index (χ2v) is 7.11. The Kier molecular flexibility index (Phi) is 8.86. The minimum atomic E-state index is -1.63. The Morgan fingerprint density at radius 2 is 1.47 bits per heavy atom. The lowest BCUT2D eigenvalue weighted by atomic mass is 9.94. The van der Waals surface area contributed by atoms with Crippen LogP contribution in [0.1, 0.15) is 13.8 Å². The van der Waals surface area contributed by atoms with E-state index in [2.05, 4.69) is 10.6 Å². The Morgan fingerprint density at radius 1 is 0.900 bits per heavy atom. The number of hydrogen-bond acceptors (Lipinski definition) is 12. The van der Waals surface area contributed by atoms with Crippen molar-refractivity contribution in [2.75, 3.05) is 13.2 Å².